The van der Waals surface area contributed by atoms with E-state index in [2.05, 4.69) is 36.4 Å². The number of methoxy groups -OCH3 is 2. The minimum absolute atomic E-state index is 0.156. The third kappa shape index (κ3) is 4.21. The van der Waals surface area contributed by atoms with Gasteiger partial charge in [-0.2, -0.15) is 0 Å². The van der Waals surface area contributed by atoms with Crippen molar-refractivity contribution in [2.75, 3.05) is 14.2 Å². The van der Waals surface area contributed by atoms with Crippen LogP contribution in [0.2, 0.25) is 0 Å². The van der Waals surface area contributed by atoms with Crippen molar-refractivity contribution in [1.82, 2.24) is 0 Å². The quantitative estimate of drug-likeness (QED) is 0.702. The fourth-order valence-electron chi connectivity index (χ4n) is 5.03. The first kappa shape index (κ1) is 19.7. The van der Waals surface area contributed by atoms with Gasteiger partial charge in [-0.25, -0.2) is 0 Å². The lowest BCUT2D eigenvalue weighted by Gasteiger charge is -2.21. The van der Waals surface area contributed by atoms with E-state index in [1.54, 1.807) is 0 Å². The standard InChI is InChI=1S/C25H28O4/c1-28-23(26)9-5-17-3-7-19-13-25(15-21(19)11-17)14-20-8-4-18(12-22(20)16-25)6-10-24(27)29-2/h3-4,7-8,11-12H,5-6,9-10,13-16H2,1-2H3. The van der Waals surface area contributed by atoms with Crippen molar-refractivity contribution in [1.29, 1.82) is 0 Å². The molecule has 0 saturated carbocycles. The molecule has 0 unspecified atom stereocenters. The number of esters is 2. The van der Waals surface area contributed by atoms with Gasteiger partial charge in [-0.1, -0.05) is 36.4 Å². The molecule has 1 spiro atoms. The van der Waals surface area contributed by atoms with E-state index in [-0.39, 0.29) is 17.4 Å². The van der Waals surface area contributed by atoms with Crippen LogP contribution in [0, 0.1) is 5.41 Å². The zero-order valence-electron chi connectivity index (χ0n) is 17.3. The lowest BCUT2D eigenvalue weighted by molar-refractivity contribution is -0.141. The van der Waals surface area contributed by atoms with Crippen LogP contribution < -0.4 is 0 Å². The van der Waals surface area contributed by atoms with Crippen LogP contribution in [0.1, 0.15) is 46.2 Å². The second kappa shape index (κ2) is 8.02. The number of aryl methyl sites for hydroxylation is 2. The first-order chi connectivity index (χ1) is 14.0. The summed E-state index contributed by atoms with van der Waals surface area (Å²) in [7, 11) is 2.88. The van der Waals surface area contributed by atoms with E-state index in [0.29, 0.717) is 12.8 Å². The van der Waals surface area contributed by atoms with Crippen molar-refractivity contribution in [3.8, 4) is 0 Å². The Kier molecular flexibility index (Phi) is 5.44. The first-order valence-electron chi connectivity index (χ1n) is 10.4. The topological polar surface area (TPSA) is 52.6 Å². The van der Waals surface area contributed by atoms with E-state index in [4.69, 9.17) is 9.47 Å². The van der Waals surface area contributed by atoms with Crippen LogP contribution in [-0.2, 0) is 57.6 Å². The summed E-state index contributed by atoms with van der Waals surface area (Å²) >= 11 is 0. The van der Waals surface area contributed by atoms with Crippen LogP contribution in [0.3, 0.4) is 0 Å². The van der Waals surface area contributed by atoms with Gasteiger partial charge in [-0.3, -0.25) is 9.59 Å². The molecule has 0 amide bonds. The first-order valence-corrected chi connectivity index (χ1v) is 10.4. The summed E-state index contributed by atoms with van der Waals surface area (Å²) in [5.41, 5.74) is 8.49. The second-order valence-electron chi connectivity index (χ2n) is 8.57. The largest absolute Gasteiger partial charge is 0.469 e. The third-order valence-corrected chi connectivity index (χ3v) is 6.49. The molecule has 0 radical (unpaired) electrons. The Morgan fingerprint density at radius 2 is 1.14 bits per heavy atom. The molecule has 2 aromatic rings. The number of carbonyl (C=O) groups excluding carboxylic acids is 2. The van der Waals surface area contributed by atoms with Crippen molar-refractivity contribution < 1.29 is 19.1 Å². The molecular formula is C25H28O4. The predicted molar refractivity (Wildman–Crippen MR) is 111 cm³/mol. The molecule has 2 aliphatic rings. The molecule has 0 fully saturated rings. The summed E-state index contributed by atoms with van der Waals surface area (Å²) in [6.45, 7) is 0. The number of rotatable bonds is 6. The van der Waals surface area contributed by atoms with E-state index < -0.39 is 0 Å². The Hall–Kier alpha value is -2.62. The lowest BCUT2D eigenvalue weighted by atomic mass is 9.82. The highest BCUT2D eigenvalue weighted by molar-refractivity contribution is 5.70. The van der Waals surface area contributed by atoms with Gasteiger partial charge < -0.3 is 9.47 Å². The van der Waals surface area contributed by atoms with E-state index in [0.717, 1.165) is 38.5 Å². The molecule has 4 rings (SSSR count). The van der Waals surface area contributed by atoms with Gasteiger partial charge in [0.15, 0.2) is 0 Å². The number of hydrogen-bond acceptors (Lipinski definition) is 4. The molecular weight excluding hydrogens is 364 g/mol. The molecule has 152 valence electrons. The van der Waals surface area contributed by atoms with Gasteiger partial charge in [0.1, 0.15) is 0 Å². The summed E-state index contributed by atoms with van der Waals surface area (Å²) in [5, 5.41) is 0. The smallest absolute Gasteiger partial charge is 0.305 e. The van der Waals surface area contributed by atoms with Crippen LogP contribution in [-0.4, -0.2) is 26.2 Å². The molecule has 0 N–H and O–H groups in total. The normalized spacial score (nSPS) is 15.8. The van der Waals surface area contributed by atoms with Crippen LogP contribution >= 0.6 is 0 Å². The van der Waals surface area contributed by atoms with Crippen molar-refractivity contribution in [3.63, 3.8) is 0 Å². The number of ether oxygens (including phenoxy) is 2. The average molecular weight is 392 g/mol. The molecule has 0 saturated heterocycles. The number of carbonyl (C=O) groups is 2. The highest BCUT2D eigenvalue weighted by Crippen LogP contribution is 2.47. The van der Waals surface area contributed by atoms with Crippen LogP contribution in [0.5, 0.6) is 0 Å². The molecule has 0 atom stereocenters. The van der Waals surface area contributed by atoms with Gasteiger partial charge in [0.2, 0.25) is 0 Å². The van der Waals surface area contributed by atoms with Gasteiger partial charge in [-0.15, -0.1) is 0 Å². The van der Waals surface area contributed by atoms with Gasteiger partial charge in [0, 0.05) is 12.8 Å². The maximum atomic E-state index is 11.4. The van der Waals surface area contributed by atoms with Crippen LogP contribution in [0.25, 0.3) is 0 Å². The van der Waals surface area contributed by atoms with Gasteiger partial charge in [0.25, 0.3) is 0 Å². The number of fused-ring (bicyclic) bond motifs is 2. The maximum Gasteiger partial charge on any atom is 0.305 e. The molecule has 4 heteroatoms. The monoisotopic (exact) mass is 392 g/mol. The molecule has 0 bridgehead atoms. The summed E-state index contributed by atoms with van der Waals surface area (Å²) < 4.78 is 9.52. The molecule has 2 aliphatic carbocycles. The highest BCUT2D eigenvalue weighted by atomic mass is 16.5. The van der Waals surface area contributed by atoms with E-state index in [1.807, 2.05) is 0 Å². The summed E-state index contributed by atoms with van der Waals surface area (Å²) in [4.78, 5) is 22.9. The average Bonchev–Trinajstić information content (AvgIpc) is 3.26. The Balaban J connectivity index is 1.44. The molecule has 0 aliphatic heterocycles. The highest BCUT2D eigenvalue weighted by Gasteiger charge is 2.42. The minimum Gasteiger partial charge on any atom is -0.469 e. The predicted octanol–water partition coefficient (Wildman–Crippen LogP) is 3.78. The third-order valence-electron chi connectivity index (χ3n) is 6.49. The van der Waals surface area contributed by atoms with E-state index in [1.165, 1.54) is 47.6 Å². The Labute approximate surface area is 172 Å². The second-order valence-corrected chi connectivity index (χ2v) is 8.57. The SMILES string of the molecule is COC(=O)CCc1ccc2c(c1)CC1(C2)Cc2ccc(CCC(=O)OC)cc2C1. The molecule has 2 aromatic carbocycles. The van der Waals surface area contributed by atoms with E-state index in [9.17, 15) is 9.59 Å². The fraction of sp³-hybridized carbons (Fsp3) is 0.440. The van der Waals surface area contributed by atoms with Gasteiger partial charge in [-0.05, 0) is 77.3 Å². The van der Waals surface area contributed by atoms with Gasteiger partial charge in [0.05, 0.1) is 14.2 Å². The number of benzene rings is 2. The Morgan fingerprint density at radius 3 is 1.55 bits per heavy atom. The van der Waals surface area contributed by atoms with Crippen molar-refractivity contribution in [2.45, 2.75) is 51.4 Å². The molecule has 4 nitrogen and oxygen atoms in total. The Bertz CT molecular complexity index is 866. The lowest BCUT2D eigenvalue weighted by Crippen LogP contribution is -2.21. The fourth-order valence-corrected chi connectivity index (χ4v) is 5.03. The zero-order valence-corrected chi connectivity index (χ0v) is 17.3. The zero-order chi connectivity index (χ0) is 20.4. The van der Waals surface area contributed by atoms with Crippen LogP contribution in [0.15, 0.2) is 36.4 Å². The maximum absolute atomic E-state index is 11.4. The summed E-state index contributed by atoms with van der Waals surface area (Å²) in [5.74, 6) is -0.313. The molecule has 29 heavy (non-hydrogen) atoms. The minimum atomic E-state index is -0.156. The van der Waals surface area contributed by atoms with Crippen molar-refractivity contribution in [2.24, 2.45) is 5.41 Å². The number of hydrogen-bond donors (Lipinski definition) is 0. The molecule has 0 aromatic heterocycles. The summed E-state index contributed by atoms with van der Waals surface area (Å²) in [6, 6.07) is 13.4. The van der Waals surface area contributed by atoms with Crippen LogP contribution in [0.4, 0.5) is 0 Å². The van der Waals surface area contributed by atoms with Gasteiger partial charge >= 0.3 is 11.9 Å². The van der Waals surface area contributed by atoms with E-state index >= 15 is 0 Å². The molecule has 0 heterocycles. The summed E-state index contributed by atoms with van der Waals surface area (Å²) in [6.07, 6.45) is 6.76. The van der Waals surface area contributed by atoms with Crippen molar-refractivity contribution in [3.05, 3.63) is 69.8 Å². The van der Waals surface area contributed by atoms with Crippen molar-refractivity contribution >= 4 is 11.9 Å². The Morgan fingerprint density at radius 1 is 0.724 bits per heavy atom.